The van der Waals surface area contributed by atoms with E-state index in [9.17, 15) is 9.18 Å². The summed E-state index contributed by atoms with van der Waals surface area (Å²) in [4.78, 5) is 13.2. The smallest absolute Gasteiger partial charge is 0.252 e. The topological polar surface area (TPSA) is 76.8 Å². The Morgan fingerprint density at radius 2 is 2.00 bits per heavy atom. The number of halogens is 2. The van der Waals surface area contributed by atoms with Crippen molar-refractivity contribution in [3.05, 3.63) is 59.9 Å². The van der Waals surface area contributed by atoms with Crippen LogP contribution in [-0.2, 0) is 10.3 Å². The molecule has 2 aromatic heterocycles. The molecule has 3 heterocycles. The first-order valence-electron chi connectivity index (χ1n) is 9.35. The number of nitrogens with zero attached hydrogens (tertiary/aromatic N) is 4. The lowest BCUT2D eigenvalue weighted by Crippen LogP contribution is -2.52. The Bertz CT molecular complexity index is 995. The van der Waals surface area contributed by atoms with Gasteiger partial charge in [0.2, 0.25) is 0 Å². The van der Waals surface area contributed by atoms with E-state index in [1.807, 2.05) is 19.9 Å². The summed E-state index contributed by atoms with van der Waals surface area (Å²) in [5.74, 6) is -0.626. The molecule has 29 heavy (non-hydrogen) atoms. The number of aromatic nitrogens is 4. The van der Waals surface area contributed by atoms with Crippen LogP contribution in [0.25, 0.3) is 5.69 Å². The molecule has 9 heteroatoms. The SMILES string of the molecule is Cc1cc(C)n(-c2ccc(NC(=O)C3(n4cccn4)CCNCC3)cc2F)n1.Cl. The Balaban J connectivity index is 0.00000240. The van der Waals surface area contributed by atoms with Gasteiger partial charge in [0.25, 0.3) is 5.91 Å². The predicted molar refractivity (Wildman–Crippen MR) is 111 cm³/mol. The number of aryl methyl sites for hydroxylation is 2. The molecule has 0 spiro atoms. The molecule has 0 bridgehead atoms. The molecule has 0 unspecified atom stereocenters. The van der Waals surface area contributed by atoms with Crippen molar-refractivity contribution >= 4 is 24.0 Å². The summed E-state index contributed by atoms with van der Waals surface area (Å²) in [5.41, 5.74) is 1.66. The van der Waals surface area contributed by atoms with Crippen LogP contribution in [0.15, 0.2) is 42.7 Å². The molecule has 1 saturated heterocycles. The van der Waals surface area contributed by atoms with Crippen LogP contribution in [0.5, 0.6) is 0 Å². The highest BCUT2D eigenvalue weighted by Crippen LogP contribution is 2.29. The second kappa shape index (κ2) is 8.34. The largest absolute Gasteiger partial charge is 0.324 e. The highest BCUT2D eigenvalue weighted by Gasteiger charge is 2.42. The number of carbonyl (C=O) groups is 1. The Labute approximate surface area is 174 Å². The third-order valence-electron chi connectivity index (χ3n) is 5.24. The minimum atomic E-state index is -0.778. The van der Waals surface area contributed by atoms with Gasteiger partial charge < -0.3 is 10.6 Å². The molecular formula is C20H24ClFN6O. The number of nitrogens with one attached hydrogen (secondary N) is 2. The maximum atomic E-state index is 14.7. The van der Waals surface area contributed by atoms with Crippen molar-refractivity contribution in [1.82, 2.24) is 24.9 Å². The minimum absolute atomic E-state index is 0. The molecule has 154 valence electrons. The van der Waals surface area contributed by atoms with Crippen molar-refractivity contribution in [1.29, 1.82) is 0 Å². The van der Waals surface area contributed by atoms with Gasteiger partial charge in [0, 0.05) is 23.8 Å². The highest BCUT2D eigenvalue weighted by atomic mass is 35.5. The van der Waals surface area contributed by atoms with Gasteiger partial charge in [-0.25, -0.2) is 9.07 Å². The van der Waals surface area contributed by atoms with Crippen molar-refractivity contribution < 1.29 is 9.18 Å². The lowest BCUT2D eigenvalue weighted by atomic mass is 9.87. The fraction of sp³-hybridized carbons (Fsp3) is 0.350. The van der Waals surface area contributed by atoms with Gasteiger partial charge in [-0.15, -0.1) is 12.4 Å². The Morgan fingerprint density at radius 3 is 2.59 bits per heavy atom. The number of benzene rings is 1. The van der Waals surface area contributed by atoms with E-state index in [0.29, 0.717) is 24.2 Å². The van der Waals surface area contributed by atoms with Crippen LogP contribution < -0.4 is 10.6 Å². The number of amides is 1. The van der Waals surface area contributed by atoms with Gasteiger partial charge in [-0.3, -0.25) is 9.48 Å². The van der Waals surface area contributed by atoms with E-state index in [1.165, 1.54) is 6.07 Å². The van der Waals surface area contributed by atoms with E-state index in [2.05, 4.69) is 20.8 Å². The molecule has 1 fully saturated rings. The third-order valence-corrected chi connectivity index (χ3v) is 5.24. The van der Waals surface area contributed by atoms with Crippen LogP contribution in [0.2, 0.25) is 0 Å². The zero-order valence-electron chi connectivity index (χ0n) is 16.4. The first-order valence-corrected chi connectivity index (χ1v) is 9.35. The summed E-state index contributed by atoms with van der Waals surface area (Å²) in [5, 5.41) is 14.8. The maximum Gasteiger partial charge on any atom is 0.252 e. The van der Waals surface area contributed by atoms with E-state index >= 15 is 0 Å². The minimum Gasteiger partial charge on any atom is -0.324 e. The fourth-order valence-electron chi connectivity index (χ4n) is 3.80. The maximum absolute atomic E-state index is 14.7. The molecule has 1 aliphatic rings. The molecule has 0 radical (unpaired) electrons. The van der Waals surface area contributed by atoms with Crippen LogP contribution in [0.3, 0.4) is 0 Å². The zero-order valence-corrected chi connectivity index (χ0v) is 17.2. The molecule has 0 atom stereocenters. The Kier molecular flexibility index (Phi) is 6.04. The van der Waals surface area contributed by atoms with Crippen molar-refractivity contribution in [2.75, 3.05) is 18.4 Å². The summed E-state index contributed by atoms with van der Waals surface area (Å²) < 4.78 is 18.0. The van der Waals surface area contributed by atoms with Crippen LogP contribution in [-0.4, -0.2) is 38.6 Å². The van der Waals surface area contributed by atoms with E-state index in [1.54, 1.807) is 40.0 Å². The van der Waals surface area contributed by atoms with Crippen LogP contribution in [0, 0.1) is 19.7 Å². The molecule has 1 aliphatic heterocycles. The Morgan fingerprint density at radius 1 is 1.24 bits per heavy atom. The lowest BCUT2D eigenvalue weighted by Gasteiger charge is -2.36. The molecule has 7 nitrogen and oxygen atoms in total. The van der Waals surface area contributed by atoms with E-state index in [4.69, 9.17) is 0 Å². The molecule has 0 saturated carbocycles. The van der Waals surface area contributed by atoms with Gasteiger partial charge in [-0.1, -0.05) is 0 Å². The first-order chi connectivity index (χ1) is 13.5. The first kappa shape index (κ1) is 21.0. The summed E-state index contributed by atoms with van der Waals surface area (Å²) in [6, 6.07) is 8.36. The van der Waals surface area contributed by atoms with Crippen LogP contribution in [0.1, 0.15) is 24.2 Å². The fourth-order valence-corrected chi connectivity index (χ4v) is 3.80. The molecular weight excluding hydrogens is 395 g/mol. The summed E-state index contributed by atoms with van der Waals surface area (Å²) in [7, 11) is 0. The quantitative estimate of drug-likeness (QED) is 0.683. The summed E-state index contributed by atoms with van der Waals surface area (Å²) in [6.45, 7) is 5.18. The molecule has 1 aromatic carbocycles. The molecule has 0 aliphatic carbocycles. The standard InChI is InChI=1S/C20H23FN6O.ClH/c1-14-12-15(2)27(25-14)18-5-4-16(13-17(18)21)24-19(28)20(6-9-22-10-7-20)26-11-3-8-23-26;/h3-5,8,11-13,22H,6-7,9-10H2,1-2H3,(H,24,28);1H. The average Bonchev–Trinajstić information content (AvgIpc) is 3.32. The molecule has 3 aromatic rings. The summed E-state index contributed by atoms with van der Waals surface area (Å²) >= 11 is 0. The normalized spacial score (nSPS) is 15.6. The zero-order chi connectivity index (χ0) is 19.7. The van der Waals surface area contributed by atoms with E-state index in [0.717, 1.165) is 24.5 Å². The van der Waals surface area contributed by atoms with E-state index < -0.39 is 11.4 Å². The van der Waals surface area contributed by atoms with Gasteiger partial charge in [0.1, 0.15) is 11.2 Å². The lowest BCUT2D eigenvalue weighted by molar-refractivity contribution is -0.126. The van der Waals surface area contributed by atoms with Gasteiger partial charge in [0.15, 0.2) is 5.82 Å². The van der Waals surface area contributed by atoms with E-state index in [-0.39, 0.29) is 18.3 Å². The van der Waals surface area contributed by atoms with Crippen LogP contribution >= 0.6 is 12.4 Å². The number of hydrogen-bond donors (Lipinski definition) is 2. The number of hydrogen-bond acceptors (Lipinski definition) is 4. The third kappa shape index (κ3) is 3.90. The van der Waals surface area contributed by atoms with Crippen molar-refractivity contribution in [3.63, 3.8) is 0 Å². The second-order valence-corrected chi connectivity index (χ2v) is 7.19. The number of rotatable bonds is 4. The molecule has 4 rings (SSSR count). The van der Waals surface area contributed by atoms with Gasteiger partial charge in [-0.2, -0.15) is 10.2 Å². The summed E-state index contributed by atoms with van der Waals surface area (Å²) in [6.07, 6.45) is 4.71. The van der Waals surface area contributed by atoms with Gasteiger partial charge in [-0.05, 0) is 70.1 Å². The Hall–Kier alpha value is -2.71. The van der Waals surface area contributed by atoms with Crippen molar-refractivity contribution in [2.45, 2.75) is 32.2 Å². The van der Waals surface area contributed by atoms with Crippen molar-refractivity contribution in [2.24, 2.45) is 0 Å². The number of anilines is 1. The van der Waals surface area contributed by atoms with Crippen LogP contribution in [0.4, 0.5) is 10.1 Å². The monoisotopic (exact) mass is 418 g/mol. The second-order valence-electron chi connectivity index (χ2n) is 7.19. The number of piperidine rings is 1. The van der Waals surface area contributed by atoms with Gasteiger partial charge >= 0.3 is 0 Å². The average molecular weight is 419 g/mol. The van der Waals surface area contributed by atoms with Crippen molar-refractivity contribution in [3.8, 4) is 5.69 Å². The number of carbonyl (C=O) groups excluding carboxylic acids is 1. The van der Waals surface area contributed by atoms with Gasteiger partial charge in [0.05, 0.1) is 5.69 Å². The molecule has 2 N–H and O–H groups in total. The molecule has 1 amide bonds. The highest BCUT2D eigenvalue weighted by molar-refractivity contribution is 5.96. The predicted octanol–water partition coefficient (Wildman–Crippen LogP) is 2.96.